The van der Waals surface area contributed by atoms with Crippen LogP contribution in [0, 0.1) is 6.92 Å². The van der Waals surface area contributed by atoms with Crippen LogP contribution in [-0.2, 0) is 4.79 Å². The van der Waals surface area contributed by atoms with Crippen molar-refractivity contribution in [3.63, 3.8) is 0 Å². The molecule has 1 saturated carbocycles. The van der Waals surface area contributed by atoms with Crippen LogP contribution in [0.1, 0.15) is 55.6 Å². The van der Waals surface area contributed by atoms with Gasteiger partial charge in [0, 0.05) is 24.8 Å². The first-order valence-corrected chi connectivity index (χ1v) is 11.6. The van der Waals surface area contributed by atoms with Gasteiger partial charge in [-0.1, -0.05) is 60.9 Å². The lowest BCUT2D eigenvalue weighted by molar-refractivity contribution is -0.125. The molecule has 1 N–H and O–H groups in total. The zero-order valence-electron chi connectivity index (χ0n) is 18.0. The van der Waals surface area contributed by atoms with Crippen LogP contribution in [0.3, 0.4) is 0 Å². The van der Waals surface area contributed by atoms with E-state index in [4.69, 9.17) is 0 Å². The standard InChI is InChI=1S/C26H33N3O/c1-20-11-13-21(14-12-20)23-9-5-6-10-24(23)28-17-15-26(16-18-28)25(30)27-19-29(26)22-7-3-2-4-8-22/h2-4,7-8,11-14,23-24H,5-6,9-10,15-19H2,1H3,(H,27,30)/t23-,24-/m1/s1. The first kappa shape index (κ1) is 19.6. The van der Waals surface area contributed by atoms with Gasteiger partial charge >= 0.3 is 0 Å². The predicted molar refractivity (Wildman–Crippen MR) is 122 cm³/mol. The fourth-order valence-corrected chi connectivity index (χ4v) is 6.01. The van der Waals surface area contributed by atoms with E-state index >= 15 is 0 Å². The molecule has 30 heavy (non-hydrogen) atoms. The van der Waals surface area contributed by atoms with E-state index in [2.05, 4.69) is 70.6 Å². The van der Waals surface area contributed by atoms with Crippen molar-refractivity contribution in [2.45, 2.75) is 62.9 Å². The molecule has 4 heteroatoms. The van der Waals surface area contributed by atoms with E-state index in [0.717, 1.165) is 31.6 Å². The number of amides is 1. The highest BCUT2D eigenvalue weighted by atomic mass is 16.2. The van der Waals surface area contributed by atoms with Crippen LogP contribution >= 0.6 is 0 Å². The highest BCUT2D eigenvalue weighted by Gasteiger charge is 2.51. The number of likely N-dealkylation sites (tertiary alicyclic amines) is 1. The van der Waals surface area contributed by atoms with Crippen LogP contribution in [0.15, 0.2) is 54.6 Å². The maximum atomic E-state index is 13.0. The fraction of sp³-hybridized carbons (Fsp3) is 0.500. The van der Waals surface area contributed by atoms with Crippen molar-refractivity contribution in [3.05, 3.63) is 65.7 Å². The minimum absolute atomic E-state index is 0.213. The third-order valence-electron chi connectivity index (χ3n) is 7.73. The number of para-hydroxylation sites is 1. The van der Waals surface area contributed by atoms with E-state index in [1.54, 1.807) is 0 Å². The lowest BCUT2D eigenvalue weighted by Gasteiger charge is -2.48. The monoisotopic (exact) mass is 403 g/mol. The first-order valence-electron chi connectivity index (χ1n) is 11.6. The largest absolute Gasteiger partial charge is 0.339 e. The van der Waals surface area contributed by atoms with Gasteiger partial charge in [-0.25, -0.2) is 0 Å². The molecule has 0 radical (unpaired) electrons. The minimum Gasteiger partial charge on any atom is -0.339 e. The summed E-state index contributed by atoms with van der Waals surface area (Å²) in [6, 6.07) is 20.2. The molecule has 0 aromatic heterocycles. The van der Waals surface area contributed by atoms with Gasteiger partial charge in [-0.05, 0) is 56.2 Å². The molecular weight excluding hydrogens is 370 g/mol. The van der Waals surface area contributed by atoms with Crippen LogP contribution in [-0.4, -0.2) is 42.1 Å². The van der Waals surface area contributed by atoms with Gasteiger partial charge in [-0.2, -0.15) is 0 Å². The summed E-state index contributed by atoms with van der Waals surface area (Å²) in [4.78, 5) is 18.0. The molecule has 1 spiro atoms. The van der Waals surface area contributed by atoms with Crippen molar-refractivity contribution in [2.75, 3.05) is 24.7 Å². The van der Waals surface area contributed by atoms with Gasteiger partial charge in [0.2, 0.25) is 5.91 Å². The maximum Gasteiger partial charge on any atom is 0.247 e. The summed E-state index contributed by atoms with van der Waals surface area (Å²) in [5.41, 5.74) is 3.60. The molecule has 2 saturated heterocycles. The molecule has 1 aliphatic carbocycles. The number of benzene rings is 2. The predicted octanol–water partition coefficient (Wildman–Crippen LogP) is 4.45. The molecule has 0 unspecified atom stereocenters. The van der Waals surface area contributed by atoms with Gasteiger partial charge in [0.05, 0.1) is 6.67 Å². The summed E-state index contributed by atoms with van der Waals surface area (Å²) in [5, 5.41) is 3.13. The zero-order chi connectivity index (χ0) is 20.6. The first-order chi connectivity index (χ1) is 14.7. The number of rotatable bonds is 3. The van der Waals surface area contributed by atoms with Crippen LogP contribution in [0.25, 0.3) is 0 Å². The molecule has 2 atom stereocenters. The number of piperidine rings is 1. The Labute approximate surface area is 180 Å². The zero-order valence-corrected chi connectivity index (χ0v) is 18.0. The normalized spacial score (nSPS) is 26.7. The Morgan fingerprint density at radius 2 is 1.63 bits per heavy atom. The van der Waals surface area contributed by atoms with Gasteiger partial charge in [-0.15, -0.1) is 0 Å². The van der Waals surface area contributed by atoms with Gasteiger partial charge in [0.1, 0.15) is 5.54 Å². The summed E-state index contributed by atoms with van der Waals surface area (Å²) >= 11 is 0. The summed E-state index contributed by atoms with van der Waals surface area (Å²) in [6.07, 6.45) is 7.03. The van der Waals surface area contributed by atoms with Crippen molar-refractivity contribution in [1.29, 1.82) is 0 Å². The van der Waals surface area contributed by atoms with Crippen LogP contribution < -0.4 is 10.2 Å². The average molecular weight is 404 g/mol. The Morgan fingerprint density at radius 3 is 2.37 bits per heavy atom. The number of nitrogens with zero attached hydrogens (tertiary/aromatic N) is 2. The number of nitrogens with one attached hydrogen (secondary N) is 1. The van der Waals surface area contributed by atoms with E-state index in [1.165, 1.54) is 36.8 Å². The van der Waals surface area contributed by atoms with E-state index in [-0.39, 0.29) is 11.4 Å². The number of hydrogen-bond donors (Lipinski definition) is 1. The third kappa shape index (κ3) is 3.41. The third-order valence-corrected chi connectivity index (χ3v) is 7.73. The Bertz CT molecular complexity index is 871. The topological polar surface area (TPSA) is 35.6 Å². The number of hydrogen-bond acceptors (Lipinski definition) is 3. The molecule has 0 bridgehead atoms. The lowest BCUT2D eigenvalue weighted by Crippen LogP contribution is -2.58. The quantitative estimate of drug-likeness (QED) is 0.822. The Kier molecular flexibility index (Phi) is 5.28. The molecule has 3 fully saturated rings. The van der Waals surface area contributed by atoms with Crippen LogP contribution in [0.4, 0.5) is 5.69 Å². The van der Waals surface area contributed by atoms with Crippen LogP contribution in [0.5, 0.6) is 0 Å². The average Bonchev–Trinajstić information content (AvgIpc) is 3.11. The molecular formula is C26H33N3O. The van der Waals surface area contributed by atoms with E-state index in [9.17, 15) is 4.79 Å². The Morgan fingerprint density at radius 1 is 0.933 bits per heavy atom. The molecule has 2 aromatic rings. The van der Waals surface area contributed by atoms with Gasteiger partial charge < -0.3 is 10.2 Å². The molecule has 2 aromatic carbocycles. The van der Waals surface area contributed by atoms with Gasteiger partial charge in [0.25, 0.3) is 0 Å². The highest BCUT2D eigenvalue weighted by molar-refractivity contribution is 5.93. The highest BCUT2D eigenvalue weighted by Crippen LogP contribution is 2.41. The number of carbonyl (C=O) groups excluding carboxylic acids is 1. The molecule has 5 rings (SSSR count). The molecule has 3 aliphatic rings. The summed E-state index contributed by atoms with van der Waals surface area (Å²) in [7, 11) is 0. The van der Waals surface area contributed by atoms with Crippen molar-refractivity contribution in [1.82, 2.24) is 10.2 Å². The molecule has 2 aliphatic heterocycles. The van der Waals surface area contributed by atoms with Crippen molar-refractivity contribution < 1.29 is 4.79 Å². The lowest BCUT2D eigenvalue weighted by atomic mass is 9.77. The molecule has 2 heterocycles. The van der Waals surface area contributed by atoms with Gasteiger partial charge in [-0.3, -0.25) is 9.69 Å². The molecule has 4 nitrogen and oxygen atoms in total. The van der Waals surface area contributed by atoms with E-state index in [1.807, 2.05) is 6.07 Å². The number of anilines is 1. The molecule has 158 valence electrons. The second-order valence-corrected chi connectivity index (χ2v) is 9.36. The maximum absolute atomic E-state index is 13.0. The Balaban J connectivity index is 1.34. The number of carbonyl (C=O) groups is 1. The van der Waals surface area contributed by atoms with Crippen LogP contribution in [0.2, 0.25) is 0 Å². The second-order valence-electron chi connectivity index (χ2n) is 9.36. The van der Waals surface area contributed by atoms with E-state index < -0.39 is 0 Å². The van der Waals surface area contributed by atoms with Crippen molar-refractivity contribution >= 4 is 11.6 Å². The second kappa shape index (κ2) is 8.07. The van der Waals surface area contributed by atoms with Gasteiger partial charge in [0.15, 0.2) is 0 Å². The number of aryl methyl sites for hydroxylation is 1. The molecule has 1 amide bonds. The summed E-state index contributed by atoms with van der Waals surface area (Å²) in [6.45, 7) is 4.79. The summed E-state index contributed by atoms with van der Waals surface area (Å²) < 4.78 is 0. The SMILES string of the molecule is Cc1ccc([C@H]2CCCC[C@H]2N2CCC3(CC2)C(=O)NCN3c2ccccc2)cc1. The Hall–Kier alpha value is -2.33. The summed E-state index contributed by atoms with van der Waals surface area (Å²) in [5.74, 6) is 0.834. The fourth-order valence-electron chi connectivity index (χ4n) is 6.01. The smallest absolute Gasteiger partial charge is 0.247 e. The van der Waals surface area contributed by atoms with Crippen molar-refractivity contribution in [2.24, 2.45) is 0 Å². The van der Waals surface area contributed by atoms with Crippen molar-refractivity contribution in [3.8, 4) is 0 Å². The van der Waals surface area contributed by atoms with E-state index in [0.29, 0.717) is 18.6 Å². The minimum atomic E-state index is -0.383.